The van der Waals surface area contributed by atoms with Gasteiger partial charge in [0.2, 0.25) is 0 Å². The van der Waals surface area contributed by atoms with Crippen LogP contribution < -0.4 is 5.73 Å². The molecule has 1 aromatic rings. The van der Waals surface area contributed by atoms with Gasteiger partial charge in [-0.3, -0.25) is 4.79 Å². The van der Waals surface area contributed by atoms with Gasteiger partial charge in [0.15, 0.2) is 0 Å². The molecule has 1 rings (SSSR count). The molecule has 2 N–H and O–H groups in total. The summed E-state index contributed by atoms with van der Waals surface area (Å²) in [5.74, 6) is 0.205. The standard InChI is InChI=1S/C8H9NO2S/c9-8(10)12(11)6-7-4-2-1-3-5-7/h1-5H,6H2,(H2,9,10). The number of benzene rings is 1. The van der Waals surface area contributed by atoms with Crippen LogP contribution in [0, 0.1) is 0 Å². The summed E-state index contributed by atoms with van der Waals surface area (Å²) in [7, 11) is -1.58. The zero-order valence-electron chi connectivity index (χ0n) is 6.40. The van der Waals surface area contributed by atoms with Crippen LogP contribution in [0.1, 0.15) is 5.56 Å². The van der Waals surface area contributed by atoms with E-state index in [9.17, 15) is 9.00 Å². The van der Waals surface area contributed by atoms with Crippen molar-refractivity contribution >= 4 is 16.0 Å². The van der Waals surface area contributed by atoms with Crippen molar-refractivity contribution in [2.24, 2.45) is 5.73 Å². The lowest BCUT2D eigenvalue weighted by Crippen LogP contribution is -2.16. The predicted molar refractivity (Wildman–Crippen MR) is 47.9 cm³/mol. The molecule has 4 heteroatoms. The second kappa shape index (κ2) is 4.01. The fourth-order valence-corrected chi connectivity index (χ4v) is 1.43. The molecule has 64 valence electrons. The lowest BCUT2D eigenvalue weighted by atomic mass is 10.2. The zero-order chi connectivity index (χ0) is 8.97. The maximum absolute atomic E-state index is 10.9. The van der Waals surface area contributed by atoms with Crippen molar-refractivity contribution in [3.8, 4) is 0 Å². The number of rotatable bonds is 2. The van der Waals surface area contributed by atoms with Crippen molar-refractivity contribution in [1.29, 1.82) is 0 Å². The smallest absolute Gasteiger partial charge is 0.307 e. The summed E-state index contributed by atoms with van der Waals surface area (Å²) >= 11 is 0. The number of hydrogen-bond donors (Lipinski definition) is 1. The molecule has 0 radical (unpaired) electrons. The highest BCUT2D eigenvalue weighted by molar-refractivity contribution is 7.99. The van der Waals surface area contributed by atoms with Crippen molar-refractivity contribution < 1.29 is 9.00 Å². The molecule has 0 aromatic heterocycles. The van der Waals surface area contributed by atoms with Crippen LogP contribution in [0.4, 0.5) is 4.79 Å². The molecule has 0 spiro atoms. The lowest BCUT2D eigenvalue weighted by molar-refractivity contribution is 0.266. The zero-order valence-corrected chi connectivity index (χ0v) is 7.21. The fourth-order valence-electron chi connectivity index (χ4n) is 0.797. The molecule has 1 amide bonds. The Morgan fingerprint density at radius 3 is 2.42 bits per heavy atom. The Morgan fingerprint density at radius 2 is 1.92 bits per heavy atom. The van der Waals surface area contributed by atoms with Gasteiger partial charge < -0.3 is 5.73 Å². The van der Waals surface area contributed by atoms with Crippen molar-refractivity contribution in [3.63, 3.8) is 0 Å². The molecule has 1 atom stereocenters. The highest BCUT2D eigenvalue weighted by Gasteiger charge is 2.06. The molecule has 0 fully saturated rings. The molecule has 0 aliphatic rings. The van der Waals surface area contributed by atoms with Gasteiger partial charge in [-0.15, -0.1) is 0 Å². The number of carbonyl (C=O) groups is 1. The molecule has 0 saturated heterocycles. The summed E-state index contributed by atoms with van der Waals surface area (Å²) in [6, 6.07) is 9.12. The van der Waals surface area contributed by atoms with Crippen LogP contribution in [0.3, 0.4) is 0 Å². The monoisotopic (exact) mass is 183 g/mol. The van der Waals surface area contributed by atoms with Crippen LogP contribution in [0.25, 0.3) is 0 Å². The third-order valence-electron chi connectivity index (χ3n) is 1.36. The van der Waals surface area contributed by atoms with E-state index in [1.165, 1.54) is 0 Å². The van der Waals surface area contributed by atoms with Crippen LogP contribution in [-0.4, -0.2) is 9.45 Å². The summed E-state index contributed by atoms with van der Waals surface area (Å²) in [6.45, 7) is 0. The minimum absolute atomic E-state index is 0.205. The van der Waals surface area contributed by atoms with Crippen molar-refractivity contribution in [1.82, 2.24) is 0 Å². The second-order valence-corrected chi connectivity index (χ2v) is 3.68. The summed E-state index contributed by atoms with van der Waals surface area (Å²) < 4.78 is 10.9. The maximum Gasteiger partial charge on any atom is 0.307 e. The lowest BCUT2D eigenvalue weighted by Gasteiger charge is -1.96. The van der Waals surface area contributed by atoms with E-state index in [0.717, 1.165) is 5.56 Å². The van der Waals surface area contributed by atoms with Gasteiger partial charge in [0.05, 0.1) is 5.75 Å². The van der Waals surface area contributed by atoms with Crippen LogP contribution in [0.5, 0.6) is 0 Å². The average molecular weight is 183 g/mol. The van der Waals surface area contributed by atoms with Gasteiger partial charge in [0.1, 0.15) is 10.8 Å². The molecule has 0 heterocycles. The average Bonchev–Trinajstić information content (AvgIpc) is 2.06. The first-order chi connectivity index (χ1) is 5.70. The third-order valence-corrected chi connectivity index (χ3v) is 2.41. The van der Waals surface area contributed by atoms with Crippen molar-refractivity contribution in [2.75, 3.05) is 0 Å². The van der Waals surface area contributed by atoms with Crippen LogP contribution in [-0.2, 0) is 16.6 Å². The molecule has 0 aliphatic carbocycles. The van der Waals surface area contributed by atoms with Gasteiger partial charge in [-0.2, -0.15) is 0 Å². The summed E-state index contributed by atoms with van der Waals surface area (Å²) in [6.07, 6.45) is 0. The number of amides is 1. The van der Waals surface area contributed by atoms with E-state index in [4.69, 9.17) is 5.73 Å². The third kappa shape index (κ3) is 2.47. The Hall–Kier alpha value is -1.16. The van der Waals surface area contributed by atoms with Crippen LogP contribution >= 0.6 is 0 Å². The molecule has 3 nitrogen and oxygen atoms in total. The minimum Gasteiger partial charge on any atom is -0.358 e. The Morgan fingerprint density at radius 1 is 1.33 bits per heavy atom. The number of primary amides is 1. The Balaban J connectivity index is 2.65. The molecule has 12 heavy (non-hydrogen) atoms. The molecular weight excluding hydrogens is 174 g/mol. The van der Waals surface area contributed by atoms with E-state index >= 15 is 0 Å². The molecule has 1 unspecified atom stereocenters. The van der Waals surface area contributed by atoms with Gasteiger partial charge in [-0.25, -0.2) is 4.21 Å². The van der Waals surface area contributed by atoms with Crippen LogP contribution in [0.15, 0.2) is 30.3 Å². The molecule has 1 aromatic carbocycles. The highest BCUT2D eigenvalue weighted by atomic mass is 32.2. The van der Waals surface area contributed by atoms with Crippen molar-refractivity contribution in [2.45, 2.75) is 5.75 Å². The largest absolute Gasteiger partial charge is 0.358 e. The van der Waals surface area contributed by atoms with E-state index in [1.54, 1.807) is 12.1 Å². The SMILES string of the molecule is NC(=O)S(=O)Cc1ccccc1. The number of hydrogen-bond acceptors (Lipinski definition) is 2. The van der Waals surface area contributed by atoms with E-state index in [1.807, 2.05) is 18.2 Å². The topological polar surface area (TPSA) is 60.2 Å². The normalized spacial score (nSPS) is 12.3. The van der Waals surface area contributed by atoms with E-state index in [0.29, 0.717) is 0 Å². The first-order valence-electron chi connectivity index (χ1n) is 3.42. The summed E-state index contributed by atoms with van der Waals surface area (Å²) in [5, 5.41) is -0.765. The van der Waals surface area contributed by atoms with Crippen molar-refractivity contribution in [3.05, 3.63) is 35.9 Å². The van der Waals surface area contributed by atoms with E-state index in [-0.39, 0.29) is 5.75 Å². The van der Waals surface area contributed by atoms with E-state index in [2.05, 4.69) is 0 Å². The quantitative estimate of drug-likeness (QED) is 0.744. The first kappa shape index (κ1) is 8.93. The minimum atomic E-state index is -1.58. The fraction of sp³-hybridized carbons (Fsp3) is 0.125. The Bertz CT molecular complexity index is 297. The van der Waals surface area contributed by atoms with Gasteiger partial charge in [-0.1, -0.05) is 30.3 Å². The number of nitrogens with two attached hydrogens (primary N) is 1. The number of carbonyl (C=O) groups excluding carboxylic acids is 1. The predicted octanol–water partition coefficient (Wildman–Crippen LogP) is 1.01. The van der Waals surface area contributed by atoms with Crippen LogP contribution in [0.2, 0.25) is 0 Å². The second-order valence-electron chi connectivity index (χ2n) is 2.29. The van der Waals surface area contributed by atoms with Gasteiger partial charge in [0.25, 0.3) is 0 Å². The van der Waals surface area contributed by atoms with Gasteiger partial charge >= 0.3 is 5.24 Å². The molecule has 0 bridgehead atoms. The Labute approximate surface area is 73.0 Å². The maximum atomic E-state index is 10.9. The highest BCUT2D eigenvalue weighted by Crippen LogP contribution is 2.02. The van der Waals surface area contributed by atoms with Gasteiger partial charge in [-0.05, 0) is 5.56 Å². The molecule has 0 aliphatic heterocycles. The van der Waals surface area contributed by atoms with Gasteiger partial charge in [0, 0.05) is 0 Å². The summed E-state index contributed by atoms with van der Waals surface area (Å²) in [4.78, 5) is 10.4. The molecule has 0 saturated carbocycles. The summed E-state index contributed by atoms with van der Waals surface area (Å²) in [5.41, 5.74) is 5.70. The first-order valence-corrected chi connectivity index (χ1v) is 4.74. The molecular formula is C8H9NO2S. The Kier molecular flexibility index (Phi) is 2.99. The van der Waals surface area contributed by atoms with E-state index < -0.39 is 16.0 Å².